The van der Waals surface area contributed by atoms with Crippen LogP contribution in [-0.2, 0) is 18.3 Å². The van der Waals surface area contributed by atoms with Gasteiger partial charge in [-0.2, -0.15) is 0 Å². The van der Waals surface area contributed by atoms with Gasteiger partial charge in [-0.3, -0.25) is 9.69 Å². The lowest BCUT2D eigenvalue weighted by molar-refractivity contribution is 0.0226. The molecular weight excluding hydrogens is 362 g/mol. The summed E-state index contributed by atoms with van der Waals surface area (Å²) in [5.74, 6) is 0.0771. The number of para-hydroxylation sites is 1. The molecule has 2 heterocycles. The van der Waals surface area contributed by atoms with Crippen molar-refractivity contribution in [3.05, 3.63) is 71.9 Å². The standard InChI is InChI=1S/C24H29N3O2/c1-19(17-26-12-14-29-15-13-26)27(18-20-8-4-3-5-9-20)24(28)23-16-21-10-6-7-11-22(21)25(23)2/h3-11,16,19H,12-15,17-18H2,1-2H3. The zero-order chi connectivity index (χ0) is 20.2. The molecule has 152 valence electrons. The van der Waals surface area contributed by atoms with E-state index in [9.17, 15) is 4.79 Å². The van der Waals surface area contributed by atoms with Crippen LogP contribution >= 0.6 is 0 Å². The van der Waals surface area contributed by atoms with Crippen molar-refractivity contribution in [3.63, 3.8) is 0 Å². The number of ether oxygens (including phenoxy) is 1. The summed E-state index contributed by atoms with van der Waals surface area (Å²) in [5.41, 5.74) is 2.96. The van der Waals surface area contributed by atoms with Gasteiger partial charge < -0.3 is 14.2 Å². The third kappa shape index (κ3) is 4.36. The average Bonchev–Trinajstić information content (AvgIpc) is 3.10. The number of amides is 1. The Bertz CT molecular complexity index is 961. The van der Waals surface area contributed by atoms with Gasteiger partial charge in [-0.05, 0) is 24.6 Å². The highest BCUT2D eigenvalue weighted by Crippen LogP contribution is 2.22. The van der Waals surface area contributed by atoms with Crippen molar-refractivity contribution in [3.8, 4) is 0 Å². The van der Waals surface area contributed by atoms with E-state index in [2.05, 4.69) is 36.1 Å². The molecule has 0 radical (unpaired) electrons. The molecule has 29 heavy (non-hydrogen) atoms. The summed E-state index contributed by atoms with van der Waals surface area (Å²) >= 11 is 0. The second kappa shape index (κ2) is 8.80. The van der Waals surface area contributed by atoms with Crippen LogP contribution in [0, 0.1) is 0 Å². The molecule has 2 aromatic carbocycles. The lowest BCUT2D eigenvalue weighted by Gasteiger charge is -2.35. The van der Waals surface area contributed by atoms with Gasteiger partial charge in [0.1, 0.15) is 5.69 Å². The van der Waals surface area contributed by atoms with Crippen molar-refractivity contribution in [2.45, 2.75) is 19.5 Å². The molecule has 0 saturated carbocycles. The Morgan fingerprint density at radius 1 is 1.07 bits per heavy atom. The van der Waals surface area contributed by atoms with Crippen LogP contribution in [0.15, 0.2) is 60.7 Å². The van der Waals surface area contributed by atoms with E-state index in [1.807, 2.05) is 52.9 Å². The van der Waals surface area contributed by atoms with Gasteiger partial charge in [-0.25, -0.2) is 0 Å². The zero-order valence-electron chi connectivity index (χ0n) is 17.3. The molecule has 1 aliphatic heterocycles. The van der Waals surface area contributed by atoms with E-state index in [1.165, 1.54) is 0 Å². The Morgan fingerprint density at radius 3 is 2.48 bits per heavy atom. The number of carbonyl (C=O) groups excluding carboxylic acids is 1. The Balaban J connectivity index is 1.62. The molecule has 1 unspecified atom stereocenters. The van der Waals surface area contributed by atoms with Gasteiger partial charge in [0, 0.05) is 50.2 Å². The number of fused-ring (bicyclic) bond motifs is 1. The van der Waals surface area contributed by atoms with E-state index in [1.54, 1.807) is 0 Å². The number of rotatable bonds is 6. The van der Waals surface area contributed by atoms with E-state index < -0.39 is 0 Å². The van der Waals surface area contributed by atoms with Crippen LogP contribution in [0.1, 0.15) is 23.0 Å². The van der Waals surface area contributed by atoms with Crippen LogP contribution in [0.5, 0.6) is 0 Å². The number of morpholine rings is 1. The summed E-state index contributed by atoms with van der Waals surface area (Å²) in [6, 6.07) is 20.5. The minimum atomic E-state index is 0.0771. The van der Waals surface area contributed by atoms with E-state index >= 15 is 0 Å². The topological polar surface area (TPSA) is 37.7 Å². The highest BCUT2D eigenvalue weighted by molar-refractivity contribution is 5.98. The summed E-state index contributed by atoms with van der Waals surface area (Å²) in [6.07, 6.45) is 0. The van der Waals surface area contributed by atoms with E-state index in [0.717, 1.165) is 55.0 Å². The van der Waals surface area contributed by atoms with Crippen LogP contribution in [0.2, 0.25) is 0 Å². The van der Waals surface area contributed by atoms with Crippen molar-refractivity contribution in [2.24, 2.45) is 7.05 Å². The highest BCUT2D eigenvalue weighted by Gasteiger charge is 2.26. The first kappa shape index (κ1) is 19.7. The molecule has 1 aromatic heterocycles. The Hall–Kier alpha value is -2.63. The number of aromatic nitrogens is 1. The van der Waals surface area contributed by atoms with Gasteiger partial charge in [0.05, 0.1) is 13.2 Å². The van der Waals surface area contributed by atoms with Crippen molar-refractivity contribution < 1.29 is 9.53 Å². The molecule has 5 nitrogen and oxygen atoms in total. The molecule has 0 bridgehead atoms. The fourth-order valence-electron chi connectivity index (χ4n) is 4.11. The second-order valence-corrected chi connectivity index (χ2v) is 7.83. The average molecular weight is 392 g/mol. The third-order valence-corrected chi connectivity index (χ3v) is 5.79. The van der Waals surface area contributed by atoms with Crippen LogP contribution in [-0.4, -0.2) is 59.2 Å². The van der Waals surface area contributed by atoms with Crippen molar-refractivity contribution >= 4 is 16.8 Å². The van der Waals surface area contributed by atoms with Crippen molar-refractivity contribution in [1.29, 1.82) is 0 Å². The van der Waals surface area contributed by atoms with Crippen LogP contribution < -0.4 is 0 Å². The minimum Gasteiger partial charge on any atom is -0.379 e. The summed E-state index contributed by atoms with van der Waals surface area (Å²) in [4.78, 5) is 18.1. The zero-order valence-corrected chi connectivity index (χ0v) is 17.3. The number of carbonyl (C=O) groups is 1. The number of nitrogens with zero attached hydrogens (tertiary/aromatic N) is 3. The van der Waals surface area contributed by atoms with Crippen molar-refractivity contribution in [2.75, 3.05) is 32.8 Å². The maximum atomic E-state index is 13.7. The summed E-state index contributed by atoms with van der Waals surface area (Å²) < 4.78 is 7.49. The lowest BCUT2D eigenvalue weighted by atomic mass is 10.1. The molecule has 3 aromatic rings. The van der Waals surface area contributed by atoms with Crippen LogP contribution in [0.3, 0.4) is 0 Å². The van der Waals surface area contributed by atoms with E-state index in [0.29, 0.717) is 6.54 Å². The van der Waals surface area contributed by atoms with Gasteiger partial charge in [0.15, 0.2) is 0 Å². The monoisotopic (exact) mass is 391 g/mol. The highest BCUT2D eigenvalue weighted by atomic mass is 16.5. The molecule has 1 fully saturated rings. The quantitative estimate of drug-likeness (QED) is 0.645. The van der Waals surface area contributed by atoms with Gasteiger partial charge >= 0.3 is 0 Å². The minimum absolute atomic E-state index is 0.0771. The molecule has 0 N–H and O–H groups in total. The smallest absolute Gasteiger partial charge is 0.271 e. The molecule has 0 aliphatic carbocycles. The second-order valence-electron chi connectivity index (χ2n) is 7.83. The van der Waals surface area contributed by atoms with Gasteiger partial charge in [0.25, 0.3) is 5.91 Å². The molecular formula is C24H29N3O2. The van der Waals surface area contributed by atoms with Gasteiger partial charge in [0.2, 0.25) is 0 Å². The first-order valence-corrected chi connectivity index (χ1v) is 10.3. The molecule has 1 amide bonds. The van der Waals surface area contributed by atoms with Gasteiger partial charge in [-0.15, -0.1) is 0 Å². The largest absolute Gasteiger partial charge is 0.379 e. The first-order chi connectivity index (χ1) is 14.1. The lowest BCUT2D eigenvalue weighted by Crippen LogP contribution is -2.48. The molecule has 4 rings (SSSR count). The first-order valence-electron chi connectivity index (χ1n) is 10.3. The third-order valence-electron chi connectivity index (χ3n) is 5.79. The normalized spacial score (nSPS) is 16.1. The number of hydrogen-bond acceptors (Lipinski definition) is 3. The fraction of sp³-hybridized carbons (Fsp3) is 0.375. The Morgan fingerprint density at radius 2 is 1.76 bits per heavy atom. The number of benzene rings is 2. The van der Waals surface area contributed by atoms with Crippen LogP contribution in [0.4, 0.5) is 0 Å². The fourth-order valence-corrected chi connectivity index (χ4v) is 4.11. The maximum absolute atomic E-state index is 13.7. The van der Waals surface area contributed by atoms with Gasteiger partial charge in [-0.1, -0.05) is 48.5 Å². The van der Waals surface area contributed by atoms with Crippen LogP contribution in [0.25, 0.3) is 10.9 Å². The molecule has 1 saturated heterocycles. The predicted molar refractivity (Wildman–Crippen MR) is 116 cm³/mol. The maximum Gasteiger partial charge on any atom is 0.271 e. The van der Waals surface area contributed by atoms with Crippen molar-refractivity contribution in [1.82, 2.24) is 14.4 Å². The van der Waals surface area contributed by atoms with E-state index in [-0.39, 0.29) is 11.9 Å². The predicted octanol–water partition coefficient (Wildman–Crippen LogP) is 3.54. The Kier molecular flexibility index (Phi) is 5.97. The number of aryl methyl sites for hydroxylation is 1. The summed E-state index contributed by atoms with van der Waals surface area (Å²) in [6.45, 7) is 6.99. The molecule has 0 spiro atoms. The Labute approximate surface area is 172 Å². The molecule has 5 heteroatoms. The van der Waals surface area contributed by atoms with E-state index in [4.69, 9.17) is 4.74 Å². The number of hydrogen-bond donors (Lipinski definition) is 0. The molecule has 1 aliphatic rings. The molecule has 1 atom stereocenters. The summed E-state index contributed by atoms with van der Waals surface area (Å²) in [7, 11) is 1.98. The SMILES string of the molecule is CC(CN1CCOCC1)N(Cc1ccccc1)C(=O)c1cc2ccccc2n1C. The summed E-state index contributed by atoms with van der Waals surface area (Å²) in [5, 5.41) is 1.10.